The minimum Gasteiger partial charge on any atom is -0.481 e. The van der Waals surface area contributed by atoms with Crippen LogP contribution in [0.5, 0.6) is 5.88 Å². The zero-order valence-electron chi connectivity index (χ0n) is 8.32. The number of pyridine rings is 1. The maximum atomic E-state index is 7.48. The van der Waals surface area contributed by atoms with Gasteiger partial charge in [-0.2, -0.15) is 0 Å². The molecule has 3 N–H and O–H groups in total. The molecule has 0 aliphatic heterocycles. The zero-order chi connectivity index (χ0) is 10.8. The van der Waals surface area contributed by atoms with E-state index in [1.54, 1.807) is 13.2 Å². The van der Waals surface area contributed by atoms with Crippen molar-refractivity contribution in [3.63, 3.8) is 0 Å². The van der Waals surface area contributed by atoms with Gasteiger partial charge in [-0.05, 0) is 6.07 Å². The largest absolute Gasteiger partial charge is 0.481 e. The van der Waals surface area contributed by atoms with Crippen LogP contribution in [0.15, 0.2) is 30.3 Å². The fourth-order valence-corrected chi connectivity index (χ4v) is 1.48. The monoisotopic (exact) mass is 201 g/mol. The molecule has 0 aliphatic carbocycles. The summed E-state index contributed by atoms with van der Waals surface area (Å²) >= 11 is 0. The zero-order valence-corrected chi connectivity index (χ0v) is 8.32. The minimum absolute atomic E-state index is 0.0203. The topological polar surface area (TPSA) is 72.0 Å². The Kier molecular flexibility index (Phi) is 2.25. The standard InChI is InChI=1S/C11H11N3O/c1-15-10-6-8(11(12)13)7-4-2-3-5-9(7)14-10/h2-6H,1H3,(H3,12,13). The molecule has 0 atom stereocenters. The first-order chi connectivity index (χ1) is 7.22. The number of fused-ring (bicyclic) bond motifs is 1. The molecule has 0 spiro atoms. The van der Waals surface area contributed by atoms with E-state index in [0.29, 0.717) is 11.4 Å². The van der Waals surface area contributed by atoms with Crippen molar-refractivity contribution in [2.45, 2.75) is 0 Å². The van der Waals surface area contributed by atoms with E-state index < -0.39 is 0 Å². The molecule has 15 heavy (non-hydrogen) atoms. The Hall–Kier alpha value is -2.10. The maximum Gasteiger partial charge on any atom is 0.214 e. The molecule has 0 aliphatic rings. The molecule has 0 fully saturated rings. The Balaban J connectivity index is 2.80. The molecule has 1 heterocycles. The lowest BCUT2D eigenvalue weighted by molar-refractivity contribution is 0.399. The summed E-state index contributed by atoms with van der Waals surface area (Å²) in [6.07, 6.45) is 0. The highest BCUT2D eigenvalue weighted by Gasteiger charge is 2.07. The quantitative estimate of drug-likeness (QED) is 0.571. The van der Waals surface area contributed by atoms with Gasteiger partial charge in [0.25, 0.3) is 0 Å². The van der Waals surface area contributed by atoms with Gasteiger partial charge in [-0.3, -0.25) is 5.41 Å². The molecule has 0 radical (unpaired) electrons. The average Bonchev–Trinajstić information content (AvgIpc) is 2.27. The summed E-state index contributed by atoms with van der Waals surface area (Å²) < 4.78 is 5.05. The molecule has 2 aromatic rings. The molecule has 0 unspecified atom stereocenters. The summed E-state index contributed by atoms with van der Waals surface area (Å²) in [5, 5.41) is 8.35. The van der Waals surface area contributed by atoms with Crippen LogP contribution >= 0.6 is 0 Å². The van der Waals surface area contributed by atoms with Crippen molar-refractivity contribution < 1.29 is 4.74 Å². The number of hydrogen-bond donors (Lipinski definition) is 2. The lowest BCUT2D eigenvalue weighted by atomic mass is 10.1. The van der Waals surface area contributed by atoms with Gasteiger partial charge >= 0.3 is 0 Å². The summed E-state index contributed by atoms with van der Waals surface area (Å²) in [7, 11) is 1.54. The third-order valence-corrected chi connectivity index (χ3v) is 2.19. The van der Waals surface area contributed by atoms with Gasteiger partial charge in [0.2, 0.25) is 5.88 Å². The van der Waals surface area contributed by atoms with Gasteiger partial charge in [-0.1, -0.05) is 18.2 Å². The number of ether oxygens (including phenoxy) is 1. The summed E-state index contributed by atoms with van der Waals surface area (Å²) in [5.74, 6) is 0.491. The molecule has 0 saturated carbocycles. The number of nitrogens with one attached hydrogen (secondary N) is 1. The normalized spacial score (nSPS) is 10.2. The van der Waals surface area contributed by atoms with Gasteiger partial charge < -0.3 is 10.5 Å². The second kappa shape index (κ2) is 3.57. The fourth-order valence-electron chi connectivity index (χ4n) is 1.48. The third kappa shape index (κ3) is 1.61. The van der Waals surface area contributed by atoms with Crippen LogP contribution in [0.25, 0.3) is 10.9 Å². The molecule has 1 aromatic heterocycles. The van der Waals surface area contributed by atoms with Crippen LogP contribution in [0.1, 0.15) is 5.56 Å². The molecule has 4 nitrogen and oxygen atoms in total. The lowest BCUT2D eigenvalue weighted by Crippen LogP contribution is -2.12. The lowest BCUT2D eigenvalue weighted by Gasteiger charge is -2.06. The van der Waals surface area contributed by atoms with Crippen molar-refractivity contribution in [2.75, 3.05) is 7.11 Å². The van der Waals surface area contributed by atoms with Crippen molar-refractivity contribution in [2.24, 2.45) is 5.73 Å². The molecule has 4 heteroatoms. The van der Waals surface area contributed by atoms with Gasteiger partial charge in [-0.25, -0.2) is 4.98 Å². The highest BCUT2D eigenvalue weighted by atomic mass is 16.5. The van der Waals surface area contributed by atoms with Gasteiger partial charge in [-0.15, -0.1) is 0 Å². The SMILES string of the molecule is COc1cc(C(=N)N)c2ccccc2n1. The number of nitrogens with zero attached hydrogens (tertiary/aromatic N) is 1. The van der Waals surface area contributed by atoms with Crippen LogP contribution in [-0.4, -0.2) is 17.9 Å². The number of nitrogens with two attached hydrogens (primary N) is 1. The first-order valence-electron chi connectivity index (χ1n) is 4.50. The second-order valence-corrected chi connectivity index (χ2v) is 3.14. The number of rotatable bonds is 2. The predicted octanol–water partition coefficient (Wildman–Crippen LogP) is 1.53. The van der Waals surface area contributed by atoms with E-state index in [0.717, 1.165) is 10.9 Å². The Labute approximate surface area is 87.2 Å². The fraction of sp³-hybridized carbons (Fsp3) is 0.0909. The third-order valence-electron chi connectivity index (χ3n) is 2.19. The smallest absolute Gasteiger partial charge is 0.214 e. The average molecular weight is 201 g/mol. The van der Waals surface area contributed by atoms with Crippen LogP contribution in [0.2, 0.25) is 0 Å². The van der Waals surface area contributed by atoms with E-state index >= 15 is 0 Å². The van der Waals surface area contributed by atoms with Gasteiger partial charge in [0.1, 0.15) is 5.84 Å². The summed E-state index contributed by atoms with van der Waals surface area (Å²) in [5.41, 5.74) is 6.93. The van der Waals surface area contributed by atoms with Crippen molar-refractivity contribution >= 4 is 16.7 Å². The van der Waals surface area contributed by atoms with Crippen LogP contribution in [0.4, 0.5) is 0 Å². The number of hydrogen-bond acceptors (Lipinski definition) is 3. The molecular formula is C11H11N3O. The number of aromatic nitrogens is 1. The summed E-state index contributed by atoms with van der Waals surface area (Å²) in [6, 6.07) is 9.20. The van der Waals surface area contributed by atoms with E-state index in [1.807, 2.05) is 24.3 Å². The molecule has 2 rings (SSSR count). The number of nitrogen functional groups attached to an aromatic ring is 1. The van der Waals surface area contributed by atoms with Crippen LogP contribution in [0, 0.1) is 5.41 Å². The Bertz CT molecular complexity index is 522. The van der Waals surface area contributed by atoms with Gasteiger partial charge in [0, 0.05) is 17.0 Å². The molecule has 76 valence electrons. The molecule has 0 saturated heterocycles. The highest BCUT2D eigenvalue weighted by Crippen LogP contribution is 2.21. The van der Waals surface area contributed by atoms with E-state index in [9.17, 15) is 0 Å². The van der Waals surface area contributed by atoms with Crippen molar-refractivity contribution in [1.29, 1.82) is 5.41 Å². The number of methoxy groups -OCH3 is 1. The predicted molar refractivity (Wildman–Crippen MR) is 59.3 cm³/mol. The van der Waals surface area contributed by atoms with Gasteiger partial charge in [0.05, 0.1) is 12.6 Å². The van der Waals surface area contributed by atoms with Crippen molar-refractivity contribution in [3.05, 3.63) is 35.9 Å². The van der Waals surface area contributed by atoms with E-state index in [1.165, 1.54) is 0 Å². The van der Waals surface area contributed by atoms with Gasteiger partial charge in [0.15, 0.2) is 0 Å². The van der Waals surface area contributed by atoms with Crippen molar-refractivity contribution in [3.8, 4) is 5.88 Å². The molecular weight excluding hydrogens is 190 g/mol. The summed E-state index contributed by atoms with van der Waals surface area (Å²) in [6.45, 7) is 0. The first-order valence-corrected chi connectivity index (χ1v) is 4.50. The Morgan fingerprint density at radius 2 is 2.13 bits per heavy atom. The van der Waals surface area contributed by atoms with E-state index in [2.05, 4.69) is 4.98 Å². The van der Waals surface area contributed by atoms with Crippen LogP contribution in [0.3, 0.4) is 0 Å². The minimum atomic E-state index is 0.0203. The molecule has 1 aromatic carbocycles. The first kappa shape index (κ1) is 9.45. The summed E-state index contributed by atoms with van der Waals surface area (Å²) in [4.78, 5) is 4.26. The Morgan fingerprint density at radius 3 is 2.80 bits per heavy atom. The second-order valence-electron chi connectivity index (χ2n) is 3.14. The molecule has 0 amide bonds. The maximum absolute atomic E-state index is 7.48. The molecule has 0 bridgehead atoms. The number of amidine groups is 1. The Morgan fingerprint density at radius 1 is 1.40 bits per heavy atom. The van der Waals surface area contributed by atoms with Crippen molar-refractivity contribution in [1.82, 2.24) is 4.98 Å². The highest BCUT2D eigenvalue weighted by molar-refractivity contribution is 6.06. The number of benzene rings is 1. The van der Waals surface area contributed by atoms with Crippen LogP contribution < -0.4 is 10.5 Å². The van der Waals surface area contributed by atoms with E-state index in [-0.39, 0.29) is 5.84 Å². The van der Waals surface area contributed by atoms with Crippen LogP contribution in [-0.2, 0) is 0 Å². The number of para-hydroxylation sites is 1. The van der Waals surface area contributed by atoms with E-state index in [4.69, 9.17) is 15.9 Å².